The molecular formula is C22H24ClN5O3. The van der Waals surface area contributed by atoms with Gasteiger partial charge in [0.05, 0.1) is 17.9 Å². The van der Waals surface area contributed by atoms with Crippen LogP contribution in [-0.2, 0) is 17.9 Å². The minimum atomic E-state index is -0.539. The largest absolute Gasteiger partial charge is 0.387 e. The third-order valence-corrected chi connectivity index (χ3v) is 6.61. The van der Waals surface area contributed by atoms with E-state index in [2.05, 4.69) is 19.9 Å². The van der Waals surface area contributed by atoms with Gasteiger partial charge in [-0.1, -0.05) is 16.8 Å². The number of aliphatic hydroxyl groups excluding tert-OH is 1. The number of aryl methyl sites for hydroxylation is 1. The summed E-state index contributed by atoms with van der Waals surface area (Å²) < 4.78 is 7.34. The molecule has 2 aliphatic rings. The zero-order chi connectivity index (χ0) is 21.5. The first-order valence-corrected chi connectivity index (χ1v) is 11.0. The summed E-state index contributed by atoms with van der Waals surface area (Å²) in [4.78, 5) is 13.9. The molecule has 1 saturated carbocycles. The minimum Gasteiger partial charge on any atom is -0.387 e. The van der Waals surface area contributed by atoms with Crippen molar-refractivity contribution in [3.8, 4) is 5.69 Å². The summed E-state index contributed by atoms with van der Waals surface area (Å²) in [5.74, 6) is 2.81. The van der Waals surface area contributed by atoms with E-state index in [4.69, 9.17) is 16.1 Å². The Labute approximate surface area is 184 Å². The van der Waals surface area contributed by atoms with Crippen molar-refractivity contribution in [1.82, 2.24) is 24.8 Å². The molecule has 0 radical (unpaired) electrons. The van der Waals surface area contributed by atoms with Gasteiger partial charge in [0.25, 0.3) is 0 Å². The van der Waals surface area contributed by atoms with E-state index in [0.717, 1.165) is 54.2 Å². The molecule has 0 unspecified atom stereocenters. The molecule has 8 nitrogen and oxygen atoms in total. The molecule has 1 N–H and O–H groups in total. The normalized spacial score (nSPS) is 20.8. The number of hydrogen-bond acceptors (Lipinski definition) is 6. The SMILES string of the molecule is Cc1cc(C2CCC(c3nnc4n3-c3ccc(Cl)cc3CN(C(=O)CO)C4)CC2)no1. The Morgan fingerprint density at radius 2 is 1.94 bits per heavy atom. The number of hydrogen-bond donors (Lipinski definition) is 1. The smallest absolute Gasteiger partial charge is 0.248 e. The van der Waals surface area contributed by atoms with Crippen LogP contribution in [0.15, 0.2) is 28.8 Å². The summed E-state index contributed by atoms with van der Waals surface area (Å²) in [5, 5.41) is 23.2. The summed E-state index contributed by atoms with van der Waals surface area (Å²) in [7, 11) is 0. The van der Waals surface area contributed by atoms with Crippen molar-refractivity contribution in [2.24, 2.45) is 0 Å². The predicted molar refractivity (Wildman–Crippen MR) is 113 cm³/mol. The number of halogens is 1. The van der Waals surface area contributed by atoms with E-state index in [9.17, 15) is 9.90 Å². The van der Waals surface area contributed by atoms with Gasteiger partial charge < -0.3 is 14.5 Å². The van der Waals surface area contributed by atoms with E-state index in [1.807, 2.05) is 31.2 Å². The lowest BCUT2D eigenvalue weighted by atomic mass is 9.80. The maximum atomic E-state index is 12.3. The molecule has 31 heavy (non-hydrogen) atoms. The lowest BCUT2D eigenvalue weighted by molar-refractivity contribution is -0.135. The summed E-state index contributed by atoms with van der Waals surface area (Å²) >= 11 is 6.25. The van der Waals surface area contributed by atoms with Crippen LogP contribution in [0.1, 0.15) is 66.2 Å². The number of carbonyl (C=O) groups is 1. The fourth-order valence-corrected chi connectivity index (χ4v) is 4.99. The van der Waals surface area contributed by atoms with Gasteiger partial charge in [-0.05, 0) is 56.4 Å². The first kappa shape index (κ1) is 20.2. The highest BCUT2D eigenvalue weighted by molar-refractivity contribution is 6.30. The lowest BCUT2D eigenvalue weighted by Crippen LogP contribution is -2.32. The highest BCUT2D eigenvalue weighted by Gasteiger charge is 2.32. The Kier molecular flexibility index (Phi) is 5.27. The number of amides is 1. The fraction of sp³-hybridized carbons (Fsp3) is 0.455. The number of aliphatic hydroxyl groups is 1. The molecule has 0 bridgehead atoms. The summed E-state index contributed by atoms with van der Waals surface area (Å²) in [6.45, 7) is 2.05. The predicted octanol–water partition coefficient (Wildman–Crippen LogP) is 3.49. The van der Waals surface area contributed by atoms with E-state index >= 15 is 0 Å². The van der Waals surface area contributed by atoms with Crippen LogP contribution in [-0.4, -0.2) is 42.4 Å². The summed E-state index contributed by atoms with van der Waals surface area (Å²) in [6.07, 6.45) is 4.00. The average molecular weight is 442 g/mol. The Hall–Kier alpha value is -2.71. The van der Waals surface area contributed by atoms with Crippen LogP contribution in [0.3, 0.4) is 0 Å². The second kappa shape index (κ2) is 8.09. The summed E-state index contributed by atoms with van der Waals surface area (Å²) in [6, 6.07) is 7.71. The van der Waals surface area contributed by atoms with Gasteiger partial charge in [0, 0.05) is 29.5 Å². The van der Waals surface area contributed by atoms with Gasteiger partial charge in [-0.15, -0.1) is 10.2 Å². The zero-order valence-corrected chi connectivity index (χ0v) is 18.0. The topological polar surface area (TPSA) is 97.3 Å². The molecule has 3 aromatic rings. The van der Waals surface area contributed by atoms with Crippen molar-refractivity contribution in [3.63, 3.8) is 0 Å². The molecule has 1 amide bonds. The molecule has 2 aromatic heterocycles. The maximum Gasteiger partial charge on any atom is 0.248 e. The second-order valence-corrected chi connectivity index (χ2v) is 8.84. The van der Waals surface area contributed by atoms with Crippen molar-refractivity contribution >= 4 is 17.5 Å². The van der Waals surface area contributed by atoms with E-state index in [-0.39, 0.29) is 11.8 Å². The van der Waals surface area contributed by atoms with Crippen molar-refractivity contribution in [2.75, 3.05) is 6.61 Å². The molecule has 1 aromatic carbocycles. The van der Waals surface area contributed by atoms with Crippen LogP contribution in [0.4, 0.5) is 0 Å². The molecule has 162 valence electrons. The van der Waals surface area contributed by atoms with Crippen LogP contribution < -0.4 is 0 Å². The fourth-order valence-electron chi connectivity index (χ4n) is 4.79. The molecule has 0 spiro atoms. The van der Waals surface area contributed by atoms with Gasteiger partial charge in [0.15, 0.2) is 5.82 Å². The standard InChI is InChI=1S/C22H24ClN5O3/c1-13-8-18(26-31-13)14-2-4-15(5-3-14)22-25-24-20-11-27(21(30)12-29)10-16-9-17(23)6-7-19(16)28(20)22/h6-9,14-15,29H,2-5,10-12H2,1H3. The molecule has 0 saturated heterocycles. The van der Waals surface area contributed by atoms with Gasteiger partial charge in [0.2, 0.25) is 5.91 Å². The average Bonchev–Trinajstić information content (AvgIpc) is 3.36. The van der Waals surface area contributed by atoms with Crippen LogP contribution >= 0.6 is 11.6 Å². The van der Waals surface area contributed by atoms with Crippen molar-refractivity contribution in [2.45, 2.75) is 57.5 Å². The number of rotatable bonds is 3. The van der Waals surface area contributed by atoms with Crippen LogP contribution in [0.5, 0.6) is 0 Å². The Morgan fingerprint density at radius 1 is 1.16 bits per heavy atom. The number of aromatic nitrogens is 4. The highest BCUT2D eigenvalue weighted by Crippen LogP contribution is 2.41. The van der Waals surface area contributed by atoms with E-state index in [1.54, 1.807) is 4.90 Å². The molecule has 9 heteroatoms. The monoisotopic (exact) mass is 441 g/mol. The van der Waals surface area contributed by atoms with E-state index < -0.39 is 6.61 Å². The maximum absolute atomic E-state index is 12.3. The molecule has 1 aliphatic heterocycles. The molecule has 1 fully saturated rings. The van der Waals surface area contributed by atoms with Gasteiger partial charge in [-0.2, -0.15) is 0 Å². The van der Waals surface area contributed by atoms with Crippen LogP contribution in [0.25, 0.3) is 5.69 Å². The van der Waals surface area contributed by atoms with E-state index in [1.165, 1.54) is 0 Å². The quantitative estimate of drug-likeness (QED) is 0.668. The minimum absolute atomic E-state index is 0.272. The Bertz CT molecular complexity index is 1120. The van der Waals surface area contributed by atoms with Crippen molar-refractivity contribution < 1.29 is 14.4 Å². The lowest BCUT2D eigenvalue weighted by Gasteiger charge is -2.27. The summed E-state index contributed by atoms with van der Waals surface area (Å²) in [5.41, 5.74) is 2.90. The molecular weight excluding hydrogens is 418 g/mol. The van der Waals surface area contributed by atoms with Crippen molar-refractivity contribution in [3.05, 3.63) is 58.0 Å². The first-order valence-electron chi connectivity index (χ1n) is 10.6. The number of benzene rings is 1. The van der Waals surface area contributed by atoms with Crippen molar-refractivity contribution in [1.29, 1.82) is 0 Å². The van der Waals surface area contributed by atoms with E-state index in [0.29, 0.717) is 29.9 Å². The van der Waals surface area contributed by atoms with Crippen LogP contribution in [0, 0.1) is 6.92 Å². The molecule has 5 rings (SSSR count). The molecule has 1 aliphatic carbocycles. The Morgan fingerprint density at radius 3 is 2.65 bits per heavy atom. The first-order chi connectivity index (χ1) is 15.0. The third-order valence-electron chi connectivity index (χ3n) is 6.38. The van der Waals surface area contributed by atoms with Gasteiger partial charge >= 0.3 is 0 Å². The molecule has 3 heterocycles. The second-order valence-electron chi connectivity index (χ2n) is 8.40. The number of nitrogens with zero attached hydrogens (tertiary/aromatic N) is 5. The van der Waals surface area contributed by atoms with Gasteiger partial charge in [-0.3, -0.25) is 9.36 Å². The number of fused-ring (bicyclic) bond motifs is 3. The zero-order valence-electron chi connectivity index (χ0n) is 17.3. The molecule has 0 atom stereocenters. The van der Waals surface area contributed by atoms with Crippen LogP contribution in [0.2, 0.25) is 5.02 Å². The van der Waals surface area contributed by atoms with Gasteiger partial charge in [-0.25, -0.2) is 0 Å². The Balaban J connectivity index is 1.47. The highest BCUT2D eigenvalue weighted by atomic mass is 35.5. The number of carbonyl (C=O) groups excluding carboxylic acids is 1. The van der Waals surface area contributed by atoms with Gasteiger partial charge in [0.1, 0.15) is 18.2 Å². The third kappa shape index (κ3) is 3.74.